The van der Waals surface area contributed by atoms with E-state index in [1.165, 1.54) is 32.3 Å². The van der Waals surface area contributed by atoms with Gasteiger partial charge in [0.05, 0.1) is 11.1 Å². The Bertz CT molecular complexity index is 548. The number of hydrogen-bond acceptors (Lipinski definition) is 3. The van der Waals surface area contributed by atoms with Gasteiger partial charge in [-0.1, -0.05) is 18.2 Å². The lowest BCUT2D eigenvalue weighted by Crippen LogP contribution is -2.16. The summed E-state index contributed by atoms with van der Waals surface area (Å²) in [5.74, 6) is -0.956. The summed E-state index contributed by atoms with van der Waals surface area (Å²) in [6, 6.07) is 4.50. The molecule has 0 saturated heterocycles. The molecule has 0 saturated carbocycles. The van der Waals surface area contributed by atoms with Crippen molar-refractivity contribution < 1.29 is 22.8 Å². The molecule has 108 valence electrons. The topological polar surface area (TPSA) is 46.2 Å². The fourth-order valence-electron chi connectivity index (χ4n) is 1.66. The van der Waals surface area contributed by atoms with Crippen LogP contribution >= 0.6 is 0 Å². The summed E-state index contributed by atoms with van der Waals surface area (Å²) < 4.78 is 37.7. The Hall–Kier alpha value is -2.11. The van der Waals surface area contributed by atoms with Gasteiger partial charge in [-0.2, -0.15) is 13.2 Å². The molecule has 1 rings (SSSR count). The monoisotopic (exact) mass is 285 g/mol. The van der Waals surface area contributed by atoms with Gasteiger partial charge in [-0.05, 0) is 18.6 Å². The Morgan fingerprint density at radius 3 is 2.45 bits per heavy atom. The van der Waals surface area contributed by atoms with E-state index in [1.54, 1.807) is 0 Å². The van der Waals surface area contributed by atoms with Crippen molar-refractivity contribution in [1.82, 2.24) is 5.32 Å². The molecule has 3 nitrogen and oxygen atoms in total. The van der Waals surface area contributed by atoms with Gasteiger partial charge >= 0.3 is 6.18 Å². The first-order valence-electron chi connectivity index (χ1n) is 5.83. The summed E-state index contributed by atoms with van der Waals surface area (Å²) in [7, 11) is 1.53. The van der Waals surface area contributed by atoms with Gasteiger partial charge in [0.15, 0.2) is 11.6 Å². The maximum atomic E-state index is 12.6. The quantitative estimate of drug-likeness (QED) is 0.513. The maximum Gasteiger partial charge on any atom is 0.416 e. The lowest BCUT2D eigenvalue weighted by atomic mass is 10.00. The number of carbonyl (C=O) groups excluding carboxylic acids is 2. The molecule has 6 heteroatoms. The Morgan fingerprint density at radius 1 is 1.30 bits per heavy atom. The number of Topliss-reactive ketones (excluding diaryl/α,β-unsaturated/α-hetero) is 2. The fourth-order valence-corrected chi connectivity index (χ4v) is 1.66. The van der Waals surface area contributed by atoms with Gasteiger partial charge in [0.2, 0.25) is 0 Å². The molecule has 0 amide bonds. The van der Waals surface area contributed by atoms with Crippen molar-refractivity contribution in [2.45, 2.75) is 19.5 Å². The van der Waals surface area contributed by atoms with Crippen LogP contribution in [0.1, 0.15) is 18.1 Å². The normalized spacial score (nSPS) is 12.2. The second-order valence-electron chi connectivity index (χ2n) is 4.20. The smallest absolute Gasteiger partial charge is 0.393 e. The minimum absolute atomic E-state index is 0.0649. The zero-order valence-corrected chi connectivity index (χ0v) is 11.0. The van der Waals surface area contributed by atoms with Gasteiger partial charge in [0, 0.05) is 19.7 Å². The first-order valence-corrected chi connectivity index (χ1v) is 5.83. The minimum atomic E-state index is -4.46. The number of carbonyl (C=O) groups is 2. The van der Waals surface area contributed by atoms with Crippen molar-refractivity contribution in [3.8, 4) is 0 Å². The lowest BCUT2D eigenvalue weighted by Gasteiger charge is -2.09. The van der Waals surface area contributed by atoms with E-state index in [1.807, 2.05) is 0 Å². The number of nitrogens with one attached hydrogen (secondary N) is 1. The molecule has 0 spiro atoms. The van der Waals surface area contributed by atoms with Gasteiger partial charge in [0.25, 0.3) is 0 Å². The number of benzene rings is 1. The van der Waals surface area contributed by atoms with Crippen molar-refractivity contribution in [1.29, 1.82) is 0 Å². The third kappa shape index (κ3) is 4.22. The number of halogens is 3. The minimum Gasteiger partial charge on any atom is -0.393 e. The zero-order valence-electron chi connectivity index (χ0n) is 11.0. The number of alkyl halides is 3. The molecule has 0 atom stereocenters. The molecule has 0 unspecified atom stereocenters. The molecule has 0 fully saturated rings. The summed E-state index contributed by atoms with van der Waals surface area (Å²) in [5, 5.41) is 2.57. The summed E-state index contributed by atoms with van der Waals surface area (Å²) in [6.45, 7) is 1.23. The van der Waals surface area contributed by atoms with Crippen LogP contribution in [0.25, 0.3) is 0 Å². The highest BCUT2D eigenvalue weighted by molar-refractivity contribution is 6.19. The van der Waals surface area contributed by atoms with Crippen LogP contribution in [-0.4, -0.2) is 18.6 Å². The summed E-state index contributed by atoms with van der Waals surface area (Å²) in [4.78, 5) is 23.2. The highest BCUT2D eigenvalue weighted by Gasteiger charge is 2.30. The van der Waals surface area contributed by atoms with Crippen molar-refractivity contribution >= 4 is 11.6 Å². The first-order chi connectivity index (χ1) is 9.25. The fraction of sp³-hybridized carbons (Fsp3) is 0.286. The molecule has 0 radical (unpaired) electrons. The Balaban J connectivity index is 2.96. The number of ketones is 2. The van der Waals surface area contributed by atoms with E-state index in [2.05, 4.69) is 5.32 Å². The third-order valence-electron chi connectivity index (χ3n) is 2.59. The molecule has 0 aromatic heterocycles. The first kappa shape index (κ1) is 15.9. The molecule has 20 heavy (non-hydrogen) atoms. The van der Waals surface area contributed by atoms with Crippen LogP contribution in [0.15, 0.2) is 36.0 Å². The average Bonchev–Trinajstić information content (AvgIpc) is 2.34. The van der Waals surface area contributed by atoms with E-state index < -0.39 is 23.3 Å². The molecule has 1 aromatic carbocycles. The maximum absolute atomic E-state index is 12.6. The molecule has 0 bridgehead atoms. The van der Waals surface area contributed by atoms with Crippen molar-refractivity contribution in [2.24, 2.45) is 0 Å². The van der Waals surface area contributed by atoms with Crippen LogP contribution in [0, 0.1) is 0 Å². The SMILES string of the molecule is CN/C=C(/C(C)=O)C(=O)Cc1cccc(C(F)(F)F)c1. The molecule has 1 N–H and O–H groups in total. The van der Waals surface area contributed by atoms with Crippen LogP contribution in [0.3, 0.4) is 0 Å². The molecule has 0 aliphatic carbocycles. The second-order valence-corrected chi connectivity index (χ2v) is 4.20. The molecular formula is C14H14F3NO2. The van der Waals surface area contributed by atoms with Crippen molar-refractivity contribution in [3.05, 3.63) is 47.2 Å². The van der Waals surface area contributed by atoms with Crippen LogP contribution < -0.4 is 5.32 Å². The van der Waals surface area contributed by atoms with E-state index >= 15 is 0 Å². The number of hydrogen-bond donors (Lipinski definition) is 1. The van der Waals surface area contributed by atoms with Crippen molar-refractivity contribution in [2.75, 3.05) is 7.05 Å². The molecule has 0 aliphatic heterocycles. The summed E-state index contributed by atoms with van der Waals surface area (Å²) in [6.07, 6.45) is -3.46. The van der Waals surface area contributed by atoms with Crippen LogP contribution in [-0.2, 0) is 22.2 Å². The molecule has 0 heterocycles. The summed E-state index contributed by atoms with van der Waals surface area (Å²) >= 11 is 0. The Morgan fingerprint density at radius 2 is 1.95 bits per heavy atom. The van der Waals surface area contributed by atoms with Gasteiger partial charge in [0.1, 0.15) is 0 Å². The van der Waals surface area contributed by atoms with Crippen molar-refractivity contribution in [3.63, 3.8) is 0 Å². The van der Waals surface area contributed by atoms with E-state index in [-0.39, 0.29) is 17.6 Å². The van der Waals surface area contributed by atoms with Crippen LogP contribution in [0.5, 0.6) is 0 Å². The van der Waals surface area contributed by atoms with E-state index in [0.717, 1.165) is 12.1 Å². The van der Waals surface area contributed by atoms with E-state index in [4.69, 9.17) is 0 Å². The van der Waals surface area contributed by atoms with Crippen LogP contribution in [0.2, 0.25) is 0 Å². The zero-order chi connectivity index (χ0) is 15.3. The standard InChI is InChI=1S/C14H14F3NO2/c1-9(19)12(8-18-2)13(20)7-10-4-3-5-11(6-10)14(15,16)17/h3-6,8,18H,7H2,1-2H3/b12-8-. The highest BCUT2D eigenvalue weighted by atomic mass is 19.4. The number of rotatable bonds is 5. The molecule has 1 aromatic rings. The Labute approximate surface area is 114 Å². The van der Waals surface area contributed by atoms with Gasteiger partial charge < -0.3 is 5.32 Å². The lowest BCUT2D eigenvalue weighted by molar-refractivity contribution is -0.137. The van der Waals surface area contributed by atoms with E-state index in [0.29, 0.717) is 0 Å². The molecule has 0 aliphatic rings. The summed E-state index contributed by atoms with van der Waals surface area (Å²) in [5.41, 5.74) is -0.664. The highest BCUT2D eigenvalue weighted by Crippen LogP contribution is 2.29. The predicted octanol–water partition coefficient (Wildman–Crippen LogP) is 2.51. The molecular weight excluding hydrogens is 271 g/mol. The van der Waals surface area contributed by atoms with E-state index in [9.17, 15) is 22.8 Å². The third-order valence-corrected chi connectivity index (χ3v) is 2.59. The van der Waals surface area contributed by atoms with Gasteiger partial charge in [-0.15, -0.1) is 0 Å². The largest absolute Gasteiger partial charge is 0.416 e. The number of allylic oxidation sites excluding steroid dienone is 1. The van der Waals surface area contributed by atoms with Gasteiger partial charge in [-0.25, -0.2) is 0 Å². The second kappa shape index (κ2) is 6.36. The van der Waals surface area contributed by atoms with Gasteiger partial charge in [-0.3, -0.25) is 9.59 Å². The average molecular weight is 285 g/mol. The predicted molar refractivity (Wildman–Crippen MR) is 68.0 cm³/mol. The Kier molecular flexibility index (Phi) is 5.07. The van der Waals surface area contributed by atoms with Crippen LogP contribution in [0.4, 0.5) is 13.2 Å².